The van der Waals surface area contributed by atoms with Crippen LogP contribution in [0.25, 0.3) is 10.9 Å². The van der Waals surface area contributed by atoms with Crippen molar-refractivity contribution in [1.29, 1.82) is 0 Å². The Labute approximate surface area is 453 Å². The molecule has 0 spiro atoms. The number of piperazine rings is 1. The van der Waals surface area contributed by atoms with Gasteiger partial charge in [0.15, 0.2) is 0 Å². The number of ether oxygens (including phenoxy) is 3. The number of fused-ring (bicyclic) bond motifs is 4. The van der Waals surface area contributed by atoms with Crippen LogP contribution in [0.1, 0.15) is 39.8 Å². The normalized spacial score (nSPS) is 22.9. The molecule has 6 atom stereocenters. The van der Waals surface area contributed by atoms with E-state index in [2.05, 4.69) is 36.5 Å². The Morgan fingerprint density at radius 3 is 2.01 bits per heavy atom. The van der Waals surface area contributed by atoms with Gasteiger partial charge in [-0.3, -0.25) is 33.7 Å². The molecule has 5 heterocycles. The van der Waals surface area contributed by atoms with Crippen LogP contribution in [0.15, 0.2) is 134 Å². The second-order valence-corrected chi connectivity index (χ2v) is 20.4. The predicted octanol–water partition coefficient (Wildman–Crippen LogP) is 3.21. The van der Waals surface area contributed by atoms with Crippen LogP contribution in [0.2, 0.25) is 0 Å². The lowest BCUT2D eigenvalue weighted by Gasteiger charge is -2.43. The standard InChI is InChI=1S/C60H67N9O9/c1-76-53-18-10-17-46-54(53)44(34-62-46)32-48-56(71)66-50(36-67-27-25-61-26-28-67)57(72)65-49(31-40-19-22-45(23-20-40)78-37-41-13-6-3-7-14-41)59(74)69-35-43-16-9-8-15-42(43)33-51(69)60(75)68-29-30-77-38-52(68)58(73)63-47(55(70)64-48)24-21-39-11-4-2-5-12-39/h2-20,22-23,34,47-52,61-62H,21,24-33,35-38H2,1H3,(H,63,73)(H,64,70)(H,65,72)(H,66,71)/t47-,48+,49-,50-,51-,52-/m0/s1. The number of H-pyrrole nitrogens is 1. The van der Waals surface area contributed by atoms with E-state index in [0.29, 0.717) is 67.2 Å². The van der Waals surface area contributed by atoms with Gasteiger partial charge in [0.25, 0.3) is 0 Å². The summed E-state index contributed by atoms with van der Waals surface area (Å²) in [4.78, 5) is 99.8. The summed E-state index contributed by atoms with van der Waals surface area (Å²) in [6.45, 7) is 2.98. The SMILES string of the molecule is COc1cccc2[nH]cc(C[C@H]3NC(=O)[C@H](CCc4ccccc4)NC(=O)[C@@H]4COCCN4C(=O)[C@@H]4Cc5ccccc5CN4C(=O)[C@H](Cc4ccc(OCc5ccccc5)cc4)NC(=O)[C@H](CN4CCNCC4)NC3=O)c12. The molecule has 0 unspecified atom stereocenters. The number of carbonyl (C=O) groups is 6. The van der Waals surface area contributed by atoms with Crippen LogP contribution >= 0.6 is 0 Å². The Morgan fingerprint density at radius 2 is 1.26 bits per heavy atom. The Kier molecular flexibility index (Phi) is 17.1. The van der Waals surface area contributed by atoms with Gasteiger partial charge in [0.05, 0.1) is 20.3 Å². The molecule has 1 aromatic heterocycles. The topological polar surface area (TPSA) is 216 Å². The molecule has 4 aliphatic heterocycles. The van der Waals surface area contributed by atoms with Gasteiger partial charge in [-0.25, -0.2) is 0 Å². The number of morpholine rings is 1. The summed E-state index contributed by atoms with van der Waals surface area (Å²) >= 11 is 0. The second kappa shape index (κ2) is 24.9. The fourth-order valence-corrected chi connectivity index (χ4v) is 11.0. The molecular weight excluding hydrogens is 991 g/mol. The largest absolute Gasteiger partial charge is 0.496 e. The lowest BCUT2D eigenvalue weighted by atomic mass is 9.91. The molecule has 3 fully saturated rings. The number of carbonyl (C=O) groups excluding carboxylic acids is 6. The van der Waals surface area contributed by atoms with Crippen molar-refractivity contribution in [3.05, 3.63) is 167 Å². The van der Waals surface area contributed by atoms with Gasteiger partial charge in [-0.05, 0) is 70.5 Å². The van der Waals surface area contributed by atoms with Crippen molar-refractivity contribution < 1.29 is 43.0 Å². The van der Waals surface area contributed by atoms with Crippen molar-refractivity contribution in [3.8, 4) is 11.5 Å². The van der Waals surface area contributed by atoms with Gasteiger partial charge in [-0.1, -0.05) is 103 Å². The minimum Gasteiger partial charge on any atom is -0.496 e. The number of aryl methyl sites for hydroxylation is 1. The van der Waals surface area contributed by atoms with Crippen LogP contribution in [0, 0.1) is 0 Å². The summed E-state index contributed by atoms with van der Waals surface area (Å²) in [5.41, 5.74) is 5.75. The summed E-state index contributed by atoms with van der Waals surface area (Å²) < 4.78 is 17.7. The van der Waals surface area contributed by atoms with Gasteiger partial charge >= 0.3 is 0 Å². The fourth-order valence-electron chi connectivity index (χ4n) is 11.0. The fraction of sp³-hybridized carbons (Fsp3) is 0.367. The average Bonchev–Trinajstić information content (AvgIpc) is 4.01. The lowest BCUT2D eigenvalue weighted by Crippen LogP contribution is -2.66. The molecule has 78 heavy (non-hydrogen) atoms. The van der Waals surface area contributed by atoms with Crippen LogP contribution in [0.5, 0.6) is 11.5 Å². The number of hydrogen-bond donors (Lipinski definition) is 6. The molecule has 0 saturated carbocycles. The summed E-state index contributed by atoms with van der Waals surface area (Å²) in [5, 5.41) is 16.2. The number of nitrogens with zero attached hydrogens (tertiary/aromatic N) is 3. The maximum atomic E-state index is 15.7. The lowest BCUT2D eigenvalue weighted by molar-refractivity contribution is -0.157. The van der Waals surface area contributed by atoms with Crippen LogP contribution in [0.4, 0.5) is 0 Å². The first-order chi connectivity index (χ1) is 38.1. The maximum Gasteiger partial charge on any atom is 0.246 e. The number of aromatic amines is 1. The van der Waals surface area contributed by atoms with E-state index in [4.69, 9.17) is 14.2 Å². The average molecular weight is 1060 g/mol. The summed E-state index contributed by atoms with van der Waals surface area (Å²) in [5.74, 6) is -2.34. The molecule has 18 nitrogen and oxygen atoms in total. The van der Waals surface area contributed by atoms with Gasteiger partial charge in [0.1, 0.15) is 54.4 Å². The van der Waals surface area contributed by atoms with Crippen molar-refractivity contribution in [2.24, 2.45) is 0 Å². The number of amides is 6. The molecule has 4 aliphatic rings. The summed E-state index contributed by atoms with van der Waals surface area (Å²) in [6, 6.07) is 32.6. The zero-order valence-corrected chi connectivity index (χ0v) is 43.8. The zero-order chi connectivity index (χ0) is 54.0. The van der Waals surface area contributed by atoms with E-state index in [1.165, 1.54) is 9.80 Å². The van der Waals surface area contributed by atoms with Crippen molar-refractivity contribution in [1.82, 2.24) is 46.3 Å². The van der Waals surface area contributed by atoms with Gasteiger partial charge < -0.3 is 55.6 Å². The van der Waals surface area contributed by atoms with E-state index in [9.17, 15) is 4.79 Å². The molecule has 406 valence electrons. The third kappa shape index (κ3) is 12.7. The molecule has 0 bridgehead atoms. The van der Waals surface area contributed by atoms with Crippen molar-refractivity contribution >= 4 is 46.3 Å². The number of aromatic nitrogens is 1. The highest BCUT2D eigenvalue weighted by Gasteiger charge is 2.45. The molecule has 10 rings (SSSR count). The third-order valence-electron chi connectivity index (χ3n) is 15.3. The van der Waals surface area contributed by atoms with Crippen LogP contribution in [-0.4, -0.2) is 151 Å². The Hall–Kier alpha value is -8.06. The molecule has 0 radical (unpaired) electrons. The molecule has 6 amide bonds. The minimum absolute atomic E-state index is 0.0188. The number of hydrogen-bond acceptors (Lipinski definition) is 11. The second-order valence-electron chi connectivity index (χ2n) is 20.4. The first kappa shape index (κ1) is 53.3. The number of nitrogens with one attached hydrogen (secondary N) is 6. The van der Waals surface area contributed by atoms with Crippen molar-refractivity contribution in [3.63, 3.8) is 0 Å². The highest BCUT2D eigenvalue weighted by molar-refractivity contribution is 5.99. The van der Waals surface area contributed by atoms with E-state index in [0.717, 1.165) is 27.8 Å². The summed E-state index contributed by atoms with van der Waals surface area (Å²) in [7, 11) is 1.56. The van der Waals surface area contributed by atoms with E-state index >= 15 is 24.0 Å². The Bertz CT molecular complexity index is 3080. The van der Waals surface area contributed by atoms with E-state index < -0.39 is 71.7 Å². The molecule has 0 aliphatic carbocycles. The maximum absolute atomic E-state index is 15.7. The van der Waals surface area contributed by atoms with Gasteiger partial charge in [0, 0.05) is 82.2 Å². The molecule has 6 N–H and O–H groups in total. The summed E-state index contributed by atoms with van der Waals surface area (Å²) in [6.07, 6.45) is 2.41. The first-order valence-corrected chi connectivity index (χ1v) is 26.9. The smallest absolute Gasteiger partial charge is 0.246 e. The number of methoxy groups -OCH3 is 1. The number of rotatable bonds is 13. The molecule has 18 heteroatoms. The van der Waals surface area contributed by atoms with Crippen molar-refractivity contribution in [2.45, 2.75) is 81.5 Å². The first-order valence-electron chi connectivity index (χ1n) is 26.9. The van der Waals surface area contributed by atoms with E-state index in [1.807, 2.05) is 127 Å². The van der Waals surface area contributed by atoms with Gasteiger partial charge in [0.2, 0.25) is 35.4 Å². The van der Waals surface area contributed by atoms with Crippen LogP contribution in [0.3, 0.4) is 0 Å². The molecular formula is C60H67N9O9. The van der Waals surface area contributed by atoms with Crippen molar-refractivity contribution in [2.75, 3.05) is 59.6 Å². The molecule has 3 saturated heterocycles. The number of benzene rings is 5. The highest BCUT2D eigenvalue weighted by Crippen LogP contribution is 2.31. The Balaban J connectivity index is 1.04. The van der Waals surface area contributed by atoms with Crippen LogP contribution in [-0.2, 0) is 72.3 Å². The predicted molar refractivity (Wildman–Crippen MR) is 292 cm³/mol. The zero-order valence-electron chi connectivity index (χ0n) is 43.8. The van der Waals surface area contributed by atoms with E-state index in [-0.39, 0.29) is 58.5 Å². The minimum atomic E-state index is -1.29. The van der Waals surface area contributed by atoms with Gasteiger partial charge in [-0.2, -0.15) is 0 Å². The van der Waals surface area contributed by atoms with Crippen LogP contribution < -0.4 is 36.1 Å². The van der Waals surface area contributed by atoms with E-state index in [1.54, 1.807) is 13.3 Å². The highest BCUT2D eigenvalue weighted by atomic mass is 16.5. The Morgan fingerprint density at radius 1 is 0.590 bits per heavy atom. The quantitative estimate of drug-likeness (QED) is 0.0988. The van der Waals surface area contributed by atoms with Gasteiger partial charge in [-0.15, -0.1) is 0 Å². The molecule has 5 aromatic carbocycles. The monoisotopic (exact) mass is 1060 g/mol. The third-order valence-corrected chi connectivity index (χ3v) is 15.3. The molecule has 6 aromatic rings.